The molecule has 7 heteroatoms. The van der Waals surface area contributed by atoms with Crippen molar-refractivity contribution >= 4 is 16.1 Å². The lowest BCUT2D eigenvalue weighted by molar-refractivity contribution is -0.146. The molecule has 0 spiro atoms. The number of hydrogen-bond donors (Lipinski definition) is 2. The molecular weight excluding hydrogens is 248 g/mol. The Morgan fingerprint density at radius 3 is 2.41 bits per heavy atom. The van der Waals surface area contributed by atoms with Crippen molar-refractivity contribution < 1.29 is 27.6 Å². The van der Waals surface area contributed by atoms with Gasteiger partial charge in [-0.05, 0) is 11.8 Å². The summed E-state index contributed by atoms with van der Waals surface area (Å²) in [6, 6.07) is 0. The second kappa shape index (κ2) is 4.55. The zero-order valence-electron chi connectivity index (χ0n) is 10.1. The van der Waals surface area contributed by atoms with Crippen LogP contribution >= 0.6 is 0 Å². The van der Waals surface area contributed by atoms with Crippen LogP contribution in [-0.4, -0.2) is 36.1 Å². The van der Waals surface area contributed by atoms with Crippen molar-refractivity contribution in [1.82, 2.24) is 0 Å². The molecule has 0 aliphatic heterocycles. The highest BCUT2D eigenvalue weighted by Gasteiger charge is 2.67. The van der Waals surface area contributed by atoms with Crippen molar-refractivity contribution in [2.24, 2.45) is 17.3 Å². The SMILES string of the molecule is CCCOC(=O)C1C(C(O)S(=O)(=O)O)C1(C)C. The maximum atomic E-state index is 11.6. The van der Waals surface area contributed by atoms with Gasteiger partial charge in [0.1, 0.15) is 0 Å². The average Bonchev–Trinajstić information content (AvgIpc) is 2.75. The van der Waals surface area contributed by atoms with Crippen LogP contribution in [0.3, 0.4) is 0 Å². The van der Waals surface area contributed by atoms with E-state index in [1.54, 1.807) is 13.8 Å². The molecule has 1 aliphatic rings. The fraction of sp³-hybridized carbons (Fsp3) is 0.900. The van der Waals surface area contributed by atoms with Crippen molar-refractivity contribution in [2.45, 2.75) is 32.6 Å². The molecule has 100 valence electrons. The molecule has 6 nitrogen and oxygen atoms in total. The Morgan fingerprint density at radius 2 is 2.00 bits per heavy atom. The third kappa shape index (κ3) is 2.78. The lowest BCUT2D eigenvalue weighted by Crippen LogP contribution is -2.25. The van der Waals surface area contributed by atoms with E-state index in [4.69, 9.17) is 9.29 Å². The molecule has 0 aromatic heterocycles. The highest BCUT2D eigenvalue weighted by atomic mass is 32.2. The summed E-state index contributed by atoms with van der Waals surface area (Å²) in [7, 11) is -4.55. The van der Waals surface area contributed by atoms with Crippen LogP contribution in [0.15, 0.2) is 0 Å². The first-order valence-electron chi connectivity index (χ1n) is 5.45. The van der Waals surface area contributed by atoms with Crippen molar-refractivity contribution in [1.29, 1.82) is 0 Å². The van der Waals surface area contributed by atoms with Gasteiger partial charge in [-0.3, -0.25) is 9.35 Å². The van der Waals surface area contributed by atoms with Crippen LogP contribution in [0, 0.1) is 17.3 Å². The van der Waals surface area contributed by atoms with Gasteiger partial charge in [-0.15, -0.1) is 0 Å². The first-order valence-corrected chi connectivity index (χ1v) is 6.95. The van der Waals surface area contributed by atoms with Gasteiger partial charge in [0, 0.05) is 5.92 Å². The van der Waals surface area contributed by atoms with Gasteiger partial charge < -0.3 is 9.84 Å². The van der Waals surface area contributed by atoms with Crippen molar-refractivity contribution in [3.63, 3.8) is 0 Å². The number of esters is 1. The normalized spacial score (nSPS) is 28.5. The summed E-state index contributed by atoms with van der Waals surface area (Å²) in [6.07, 6.45) is 0.671. The van der Waals surface area contributed by atoms with E-state index in [9.17, 15) is 18.3 Å². The zero-order chi connectivity index (χ0) is 13.4. The van der Waals surface area contributed by atoms with Crippen LogP contribution in [0.5, 0.6) is 0 Å². The molecule has 0 amide bonds. The van der Waals surface area contributed by atoms with Gasteiger partial charge in [-0.1, -0.05) is 20.8 Å². The van der Waals surface area contributed by atoms with Crippen molar-refractivity contribution in [3.05, 3.63) is 0 Å². The minimum atomic E-state index is -4.55. The monoisotopic (exact) mass is 266 g/mol. The minimum Gasteiger partial charge on any atom is -0.465 e. The fourth-order valence-electron chi connectivity index (χ4n) is 2.14. The molecule has 3 atom stereocenters. The van der Waals surface area contributed by atoms with Gasteiger partial charge in [-0.2, -0.15) is 8.42 Å². The van der Waals surface area contributed by atoms with Crippen LogP contribution in [0.25, 0.3) is 0 Å². The number of aliphatic hydroxyl groups is 1. The van der Waals surface area contributed by atoms with Crippen LogP contribution in [0.2, 0.25) is 0 Å². The summed E-state index contributed by atoms with van der Waals surface area (Å²) in [6.45, 7) is 5.42. The molecular formula is C10H18O6S. The highest BCUT2D eigenvalue weighted by Crippen LogP contribution is 2.61. The summed E-state index contributed by atoms with van der Waals surface area (Å²) in [5.74, 6) is -2.03. The van der Waals surface area contributed by atoms with Crippen molar-refractivity contribution in [2.75, 3.05) is 6.61 Å². The summed E-state index contributed by atoms with van der Waals surface area (Å²) in [5.41, 5.74) is -2.61. The Kier molecular flexibility index (Phi) is 3.85. The Labute approximate surface area is 101 Å². The van der Waals surface area contributed by atoms with Gasteiger partial charge in [0.25, 0.3) is 10.1 Å². The largest absolute Gasteiger partial charge is 0.465 e. The first-order chi connectivity index (χ1) is 7.64. The van der Waals surface area contributed by atoms with Crippen LogP contribution in [-0.2, 0) is 19.6 Å². The quantitative estimate of drug-likeness (QED) is 0.552. The molecule has 0 aromatic carbocycles. The Bertz CT molecular complexity index is 399. The number of ether oxygens (including phenoxy) is 1. The Hall–Kier alpha value is -0.660. The number of rotatable bonds is 5. The van der Waals surface area contributed by atoms with E-state index < -0.39 is 38.8 Å². The molecule has 1 saturated carbocycles. The number of carbonyl (C=O) groups is 1. The standard InChI is InChI=1S/C10H18O6S/c1-4-5-16-8(11)6-7(10(6,2)3)9(12)17(13,14)15/h6-7,9,12H,4-5H2,1-3H3,(H,13,14,15). The van der Waals surface area contributed by atoms with E-state index in [0.717, 1.165) is 0 Å². The summed E-state index contributed by atoms with van der Waals surface area (Å²) < 4.78 is 35.4. The summed E-state index contributed by atoms with van der Waals surface area (Å²) >= 11 is 0. The molecule has 0 heterocycles. The summed E-state index contributed by atoms with van der Waals surface area (Å²) in [5, 5.41) is 9.46. The van der Waals surface area contributed by atoms with E-state index in [-0.39, 0.29) is 6.61 Å². The molecule has 1 rings (SSSR count). The predicted molar refractivity (Wildman–Crippen MR) is 59.6 cm³/mol. The maximum Gasteiger partial charge on any atom is 0.309 e. The summed E-state index contributed by atoms with van der Waals surface area (Å²) in [4.78, 5) is 11.6. The molecule has 0 saturated heterocycles. The molecule has 0 aromatic rings. The number of aliphatic hydroxyl groups excluding tert-OH is 1. The predicted octanol–water partition coefficient (Wildman–Crippen LogP) is 0.418. The van der Waals surface area contributed by atoms with Gasteiger partial charge in [0.05, 0.1) is 12.5 Å². The van der Waals surface area contributed by atoms with E-state index >= 15 is 0 Å². The lowest BCUT2D eigenvalue weighted by atomic mass is 10.1. The van der Waals surface area contributed by atoms with Crippen molar-refractivity contribution in [3.8, 4) is 0 Å². The molecule has 2 N–H and O–H groups in total. The Morgan fingerprint density at radius 1 is 1.47 bits per heavy atom. The first kappa shape index (κ1) is 14.4. The molecule has 1 fully saturated rings. The van der Waals surface area contributed by atoms with E-state index in [0.29, 0.717) is 6.42 Å². The third-order valence-electron chi connectivity index (χ3n) is 3.23. The fourth-order valence-corrected chi connectivity index (χ4v) is 3.02. The minimum absolute atomic E-state index is 0.264. The number of hydrogen-bond acceptors (Lipinski definition) is 5. The van der Waals surface area contributed by atoms with Gasteiger partial charge in [0.2, 0.25) is 0 Å². The van der Waals surface area contributed by atoms with Gasteiger partial charge in [-0.25, -0.2) is 0 Å². The molecule has 1 aliphatic carbocycles. The van der Waals surface area contributed by atoms with Gasteiger partial charge in [0.15, 0.2) is 5.44 Å². The lowest BCUT2D eigenvalue weighted by Gasteiger charge is -2.07. The highest BCUT2D eigenvalue weighted by molar-refractivity contribution is 7.86. The smallest absolute Gasteiger partial charge is 0.309 e. The van der Waals surface area contributed by atoms with E-state index in [1.165, 1.54) is 0 Å². The molecule has 3 unspecified atom stereocenters. The van der Waals surface area contributed by atoms with E-state index in [1.807, 2.05) is 6.92 Å². The third-order valence-corrected chi connectivity index (χ3v) is 4.13. The topological polar surface area (TPSA) is 101 Å². The molecule has 17 heavy (non-hydrogen) atoms. The van der Waals surface area contributed by atoms with E-state index in [2.05, 4.69) is 0 Å². The average molecular weight is 266 g/mol. The molecule has 0 radical (unpaired) electrons. The van der Waals surface area contributed by atoms with Crippen LogP contribution < -0.4 is 0 Å². The second-order valence-electron chi connectivity index (χ2n) is 4.90. The second-order valence-corrected chi connectivity index (χ2v) is 6.41. The zero-order valence-corrected chi connectivity index (χ0v) is 10.9. The number of carbonyl (C=O) groups excluding carboxylic acids is 1. The van der Waals surface area contributed by atoms with Crippen LogP contribution in [0.1, 0.15) is 27.2 Å². The molecule has 0 bridgehead atoms. The van der Waals surface area contributed by atoms with Crippen LogP contribution in [0.4, 0.5) is 0 Å². The maximum absolute atomic E-state index is 11.6. The Balaban J connectivity index is 2.75. The van der Waals surface area contributed by atoms with Gasteiger partial charge >= 0.3 is 5.97 Å².